The molecule has 3 aliphatic rings. The third-order valence-corrected chi connectivity index (χ3v) is 12.8. The van der Waals surface area contributed by atoms with Crippen molar-refractivity contribution in [1.29, 1.82) is 0 Å². The normalized spacial score (nSPS) is 24.5. The number of carbonyl (C=O) groups excluding carboxylic acids is 1. The maximum Gasteiger partial charge on any atom is 0.407 e. The zero-order chi connectivity index (χ0) is 38.1. The van der Waals surface area contributed by atoms with E-state index in [9.17, 15) is 27.1 Å². The highest BCUT2D eigenvalue weighted by Crippen LogP contribution is 2.42. The number of anilines is 1. The first-order valence-corrected chi connectivity index (χ1v) is 20.7. The molecular weight excluding hydrogens is 729 g/mol. The molecular formula is C37H51F2N5O7S2. The number of halogens is 2. The summed E-state index contributed by atoms with van der Waals surface area (Å²) in [7, 11) is -4.16. The first-order chi connectivity index (χ1) is 25.1. The highest BCUT2D eigenvalue weighted by molar-refractivity contribution is 7.89. The quantitative estimate of drug-likeness (QED) is 0.149. The molecule has 1 aromatic heterocycles. The zero-order valence-corrected chi connectivity index (χ0v) is 32.4. The van der Waals surface area contributed by atoms with Crippen molar-refractivity contribution in [2.75, 3.05) is 31.6 Å². The van der Waals surface area contributed by atoms with Crippen LogP contribution < -0.4 is 16.0 Å². The Morgan fingerprint density at radius 3 is 2.51 bits per heavy atom. The summed E-state index contributed by atoms with van der Waals surface area (Å²) in [5.41, 5.74) is 0.416. The standard InChI is InChI=1S/C37H51F2N5O7S2/c1-6-37(43-22(4)5)11-12-49-34-33(37)31(20-50-34)51-36(46)42-29(15-23-13-24(38)16-25(39)14-23)30(45)19-44(18-21(2)3)53(47,48)27-9-10-28-32(17-27)52-35(41-28)40-26-7-8-26/h9-10,13-14,16-17,21-22,26,29-31,33-34,43,45H,6-8,11-12,15,18-20H2,1-5H3,(H,40,41)(H,42,46)/t29-,30+,31?,33?,34?,37-/m0/s1. The van der Waals surface area contributed by atoms with E-state index < -0.39 is 64.4 Å². The second-order valence-electron chi connectivity index (χ2n) is 15.2. The number of aliphatic hydroxyl groups is 1. The van der Waals surface area contributed by atoms with Gasteiger partial charge in [0.15, 0.2) is 11.4 Å². The van der Waals surface area contributed by atoms with Crippen molar-refractivity contribution < 1.29 is 41.3 Å². The molecule has 3 fully saturated rings. The molecule has 292 valence electrons. The van der Waals surface area contributed by atoms with Crippen molar-refractivity contribution in [2.45, 2.75) is 114 Å². The predicted octanol–water partition coefficient (Wildman–Crippen LogP) is 5.40. The van der Waals surface area contributed by atoms with Gasteiger partial charge in [0.2, 0.25) is 10.0 Å². The molecule has 2 saturated heterocycles. The lowest BCUT2D eigenvalue weighted by Gasteiger charge is -2.47. The van der Waals surface area contributed by atoms with Crippen LogP contribution in [0, 0.1) is 23.5 Å². The second-order valence-corrected chi connectivity index (χ2v) is 18.2. The summed E-state index contributed by atoms with van der Waals surface area (Å²) in [5, 5.41) is 22.2. The van der Waals surface area contributed by atoms with Crippen LogP contribution >= 0.6 is 11.3 Å². The summed E-state index contributed by atoms with van der Waals surface area (Å²) in [4.78, 5) is 18.3. The minimum atomic E-state index is -4.16. The Morgan fingerprint density at radius 1 is 1.11 bits per heavy atom. The van der Waals surface area contributed by atoms with E-state index in [1.165, 1.54) is 21.7 Å². The van der Waals surface area contributed by atoms with E-state index in [1.807, 2.05) is 27.7 Å². The fourth-order valence-corrected chi connectivity index (χ4v) is 10.2. The summed E-state index contributed by atoms with van der Waals surface area (Å²) >= 11 is 1.38. The van der Waals surface area contributed by atoms with E-state index in [4.69, 9.17) is 14.2 Å². The Labute approximate surface area is 314 Å². The van der Waals surface area contributed by atoms with Crippen LogP contribution in [0.2, 0.25) is 0 Å². The first kappa shape index (κ1) is 39.7. The fourth-order valence-electron chi connectivity index (χ4n) is 7.51. The van der Waals surface area contributed by atoms with Gasteiger partial charge in [-0.25, -0.2) is 27.0 Å². The average molecular weight is 780 g/mol. The first-order valence-electron chi connectivity index (χ1n) is 18.4. The minimum Gasteiger partial charge on any atom is -0.443 e. The lowest BCUT2D eigenvalue weighted by Crippen LogP contribution is -2.62. The Kier molecular flexibility index (Phi) is 12.3. The number of benzene rings is 2. The van der Waals surface area contributed by atoms with Crippen LogP contribution in [-0.2, 0) is 30.7 Å². The topological polar surface area (TPSA) is 151 Å². The van der Waals surface area contributed by atoms with Crippen LogP contribution in [0.25, 0.3) is 10.2 Å². The fraction of sp³-hybridized carbons (Fsp3) is 0.622. The maximum atomic E-state index is 14.3. The molecule has 1 saturated carbocycles. The largest absolute Gasteiger partial charge is 0.443 e. The number of amides is 1. The van der Waals surface area contributed by atoms with Crippen LogP contribution in [0.1, 0.15) is 65.9 Å². The van der Waals surface area contributed by atoms with Crippen molar-refractivity contribution in [3.05, 3.63) is 53.6 Å². The smallest absolute Gasteiger partial charge is 0.407 e. The third-order valence-electron chi connectivity index (χ3n) is 10.1. The van der Waals surface area contributed by atoms with Gasteiger partial charge in [-0.05, 0) is 73.9 Å². The molecule has 53 heavy (non-hydrogen) atoms. The number of aromatic nitrogens is 1. The van der Waals surface area contributed by atoms with Crippen molar-refractivity contribution in [1.82, 2.24) is 19.9 Å². The molecule has 4 N–H and O–H groups in total. The summed E-state index contributed by atoms with van der Waals surface area (Å²) in [5.74, 6) is -2.10. The molecule has 6 rings (SSSR count). The molecule has 16 heteroatoms. The number of rotatable bonds is 16. The van der Waals surface area contributed by atoms with Crippen LogP contribution in [0.15, 0.2) is 41.3 Å². The molecule has 6 atom stereocenters. The summed E-state index contributed by atoms with van der Waals surface area (Å²) < 4.78 is 76.7. The number of sulfonamides is 1. The number of hydrogen-bond acceptors (Lipinski definition) is 11. The number of carbonyl (C=O) groups is 1. The van der Waals surface area contributed by atoms with Crippen LogP contribution in [-0.4, -0.2) is 97.4 Å². The number of aliphatic hydroxyl groups excluding tert-OH is 1. The van der Waals surface area contributed by atoms with E-state index in [-0.39, 0.29) is 47.9 Å². The third kappa shape index (κ3) is 9.46. The van der Waals surface area contributed by atoms with Gasteiger partial charge >= 0.3 is 6.09 Å². The summed E-state index contributed by atoms with van der Waals surface area (Å²) in [6.07, 6.45) is -0.310. The number of nitrogens with zero attached hydrogens (tertiary/aromatic N) is 2. The van der Waals surface area contributed by atoms with E-state index in [2.05, 4.69) is 27.9 Å². The van der Waals surface area contributed by atoms with Gasteiger partial charge in [0.25, 0.3) is 0 Å². The molecule has 12 nitrogen and oxygen atoms in total. The predicted molar refractivity (Wildman–Crippen MR) is 198 cm³/mol. The van der Waals surface area contributed by atoms with E-state index >= 15 is 0 Å². The molecule has 0 spiro atoms. The molecule has 2 aromatic carbocycles. The molecule has 1 amide bonds. The lowest BCUT2D eigenvalue weighted by molar-refractivity contribution is -0.181. The van der Waals surface area contributed by atoms with Gasteiger partial charge in [0.05, 0.1) is 46.4 Å². The molecule has 0 bridgehead atoms. The van der Waals surface area contributed by atoms with Crippen LogP contribution in [0.4, 0.5) is 18.7 Å². The summed E-state index contributed by atoms with van der Waals surface area (Å²) in [6.45, 7) is 10.1. The van der Waals surface area contributed by atoms with Crippen LogP contribution in [0.5, 0.6) is 0 Å². The Bertz CT molecular complexity index is 1840. The monoisotopic (exact) mass is 779 g/mol. The van der Waals surface area contributed by atoms with Crippen molar-refractivity contribution in [3.63, 3.8) is 0 Å². The van der Waals surface area contributed by atoms with Crippen molar-refractivity contribution in [3.8, 4) is 0 Å². The number of hydrogen-bond donors (Lipinski definition) is 4. The number of ether oxygens (including phenoxy) is 3. The molecule has 3 aromatic rings. The van der Waals surface area contributed by atoms with Gasteiger partial charge in [0, 0.05) is 36.8 Å². The van der Waals surface area contributed by atoms with Crippen molar-refractivity contribution >= 4 is 42.8 Å². The second kappa shape index (κ2) is 16.4. The number of alkyl carbamates (subject to hydrolysis) is 1. The number of fused-ring (bicyclic) bond motifs is 2. The van der Waals surface area contributed by atoms with Gasteiger partial charge in [-0.3, -0.25) is 0 Å². The van der Waals surface area contributed by atoms with Gasteiger partial charge in [0.1, 0.15) is 17.7 Å². The van der Waals surface area contributed by atoms with E-state index in [1.54, 1.807) is 12.1 Å². The van der Waals surface area contributed by atoms with Gasteiger partial charge < -0.3 is 35.3 Å². The maximum absolute atomic E-state index is 14.3. The van der Waals surface area contributed by atoms with E-state index in [0.29, 0.717) is 29.3 Å². The molecule has 2 aliphatic heterocycles. The molecule has 3 unspecified atom stereocenters. The highest BCUT2D eigenvalue weighted by Gasteiger charge is 2.55. The number of nitrogens with one attached hydrogen (secondary N) is 3. The molecule has 1 aliphatic carbocycles. The van der Waals surface area contributed by atoms with Gasteiger partial charge in [-0.1, -0.05) is 46.0 Å². The number of thiazole rings is 1. The SMILES string of the molecule is CC[C@]1(NC(C)C)CCOC2OCC(OC(=O)N[C@@H](Cc3cc(F)cc(F)c3)[C@H](O)CN(CC(C)C)S(=O)(=O)c3ccc4nc(NC5CC5)sc4c3)C21. The molecule has 3 heterocycles. The van der Waals surface area contributed by atoms with E-state index in [0.717, 1.165) is 42.6 Å². The van der Waals surface area contributed by atoms with Crippen molar-refractivity contribution in [2.24, 2.45) is 11.8 Å². The minimum absolute atomic E-state index is 0.0375. The average Bonchev–Trinajstić information content (AvgIpc) is 3.65. The lowest BCUT2D eigenvalue weighted by atomic mass is 9.74. The Balaban J connectivity index is 1.23. The van der Waals surface area contributed by atoms with Crippen LogP contribution in [0.3, 0.4) is 0 Å². The highest BCUT2D eigenvalue weighted by atomic mass is 32.2. The summed E-state index contributed by atoms with van der Waals surface area (Å²) in [6, 6.07) is 7.03. The van der Waals surface area contributed by atoms with Gasteiger partial charge in [-0.2, -0.15) is 4.31 Å². The Hall–Kier alpha value is -2.99. The zero-order valence-electron chi connectivity index (χ0n) is 30.8. The molecule has 0 radical (unpaired) electrons. The Morgan fingerprint density at radius 2 is 1.85 bits per heavy atom. The van der Waals surface area contributed by atoms with Gasteiger partial charge in [-0.15, -0.1) is 0 Å².